The van der Waals surface area contributed by atoms with E-state index in [1.165, 1.54) is 18.6 Å². The maximum atomic E-state index is 11.9. The Kier molecular flexibility index (Phi) is 4.74. The fourth-order valence-corrected chi connectivity index (χ4v) is 2.88. The average molecular weight is 306 g/mol. The molecule has 7 heteroatoms. The Labute approximate surface area is 127 Å². The van der Waals surface area contributed by atoms with Crippen LogP contribution in [-0.4, -0.2) is 29.0 Å². The van der Waals surface area contributed by atoms with Gasteiger partial charge in [0.05, 0.1) is 19.3 Å². The molecule has 2 N–H and O–H groups in total. The van der Waals surface area contributed by atoms with Gasteiger partial charge in [-0.3, -0.25) is 4.98 Å². The van der Waals surface area contributed by atoms with E-state index in [9.17, 15) is 4.79 Å². The second-order valence-corrected chi connectivity index (χ2v) is 5.28. The highest BCUT2D eigenvalue weighted by atomic mass is 32.1. The van der Waals surface area contributed by atoms with E-state index in [4.69, 9.17) is 10.5 Å². The predicted molar refractivity (Wildman–Crippen MR) is 83.6 cm³/mol. The Hall–Kier alpha value is -2.15. The van der Waals surface area contributed by atoms with Crippen molar-refractivity contribution in [3.8, 4) is 0 Å². The minimum Gasteiger partial charge on any atom is -0.465 e. The fraction of sp³-hybridized carbons (Fsp3) is 0.357. The molecule has 2 rings (SSSR count). The van der Waals surface area contributed by atoms with Gasteiger partial charge in [-0.05, 0) is 37.5 Å². The number of ether oxygens (including phenoxy) is 1. The van der Waals surface area contributed by atoms with Crippen LogP contribution >= 0.6 is 11.5 Å². The van der Waals surface area contributed by atoms with Crippen LogP contribution in [0.25, 0.3) is 0 Å². The number of aromatic nitrogens is 2. The van der Waals surface area contributed by atoms with Crippen molar-refractivity contribution in [3.05, 3.63) is 35.2 Å². The summed E-state index contributed by atoms with van der Waals surface area (Å²) < 4.78 is 8.86. The molecule has 0 fully saturated rings. The molecule has 0 aromatic carbocycles. The maximum Gasteiger partial charge on any atom is 0.344 e. The SMILES string of the molecule is CCN(Cc1cccc(C)n1)c1snc(N)c1C(=O)OC. The Balaban J connectivity index is 2.32. The van der Waals surface area contributed by atoms with Crippen molar-refractivity contribution in [2.24, 2.45) is 0 Å². The Morgan fingerprint density at radius 3 is 2.86 bits per heavy atom. The first-order valence-electron chi connectivity index (χ1n) is 6.57. The Morgan fingerprint density at radius 2 is 2.24 bits per heavy atom. The van der Waals surface area contributed by atoms with Gasteiger partial charge in [-0.2, -0.15) is 4.37 Å². The van der Waals surface area contributed by atoms with Gasteiger partial charge in [0.25, 0.3) is 0 Å². The molecule has 2 heterocycles. The zero-order valence-corrected chi connectivity index (χ0v) is 13.1. The minimum atomic E-state index is -0.466. The van der Waals surface area contributed by atoms with E-state index < -0.39 is 5.97 Å². The van der Waals surface area contributed by atoms with Crippen molar-refractivity contribution in [1.29, 1.82) is 0 Å². The van der Waals surface area contributed by atoms with Crippen LogP contribution in [0.1, 0.15) is 28.7 Å². The number of carbonyl (C=O) groups excluding carboxylic acids is 1. The molecule has 0 unspecified atom stereocenters. The van der Waals surface area contributed by atoms with Crippen molar-refractivity contribution in [3.63, 3.8) is 0 Å². The van der Waals surface area contributed by atoms with E-state index in [1.807, 2.05) is 36.9 Å². The molecule has 0 radical (unpaired) electrons. The number of rotatable bonds is 5. The van der Waals surface area contributed by atoms with E-state index in [2.05, 4.69) is 9.36 Å². The lowest BCUT2D eigenvalue weighted by Crippen LogP contribution is -2.24. The third-order valence-corrected chi connectivity index (χ3v) is 3.98. The zero-order chi connectivity index (χ0) is 15.4. The highest BCUT2D eigenvalue weighted by molar-refractivity contribution is 7.11. The Morgan fingerprint density at radius 1 is 1.48 bits per heavy atom. The van der Waals surface area contributed by atoms with Crippen LogP contribution in [0, 0.1) is 6.92 Å². The quantitative estimate of drug-likeness (QED) is 0.853. The third kappa shape index (κ3) is 3.30. The molecule has 0 amide bonds. The van der Waals surface area contributed by atoms with E-state index in [1.54, 1.807) is 0 Å². The summed E-state index contributed by atoms with van der Waals surface area (Å²) in [6, 6.07) is 5.87. The molecule has 0 atom stereocenters. The summed E-state index contributed by atoms with van der Waals surface area (Å²) in [6.07, 6.45) is 0. The van der Waals surface area contributed by atoms with Crippen LogP contribution in [0.3, 0.4) is 0 Å². The van der Waals surface area contributed by atoms with Gasteiger partial charge in [-0.25, -0.2) is 4.79 Å². The Bertz CT molecular complexity index is 642. The summed E-state index contributed by atoms with van der Waals surface area (Å²) in [7, 11) is 1.33. The first-order valence-corrected chi connectivity index (χ1v) is 7.35. The zero-order valence-electron chi connectivity index (χ0n) is 12.3. The number of nitrogens with zero attached hydrogens (tertiary/aromatic N) is 3. The molecule has 2 aromatic rings. The summed E-state index contributed by atoms with van der Waals surface area (Å²) in [5, 5.41) is 0.713. The van der Waals surface area contributed by atoms with Gasteiger partial charge in [-0.15, -0.1) is 0 Å². The van der Waals surface area contributed by atoms with Crippen LogP contribution < -0.4 is 10.6 Å². The van der Waals surface area contributed by atoms with E-state index in [0.29, 0.717) is 23.7 Å². The molecule has 0 saturated carbocycles. The lowest BCUT2D eigenvalue weighted by Gasteiger charge is -2.21. The topological polar surface area (TPSA) is 81.3 Å². The van der Waals surface area contributed by atoms with Crippen LogP contribution in [-0.2, 0) is 11.3 Å². The summed E-state index contributed by atoms with van der Waals surface area (Å²) in [6.45, 7) is 5.25. The molecule has 0 aliphatic carbocycles. The van der Waals surface area contributed by atoms with Crippen LogP contribution in [0.15, 0.2) is 18.2 Å². The van der Waals surface area contributed by atoms with Gasteiger partial charge in [-0.1, -0.05) is 6.07 Å². The molecule has 0 aliphatic rings. The molecule has 112 valence electrons. The normalized spacial score (nSPS) is 10.4. The fourth-order valence-electron chi connectivity index (χ4n) is 2.01. The first-order chi connectivity index (χ1) is 10.1. The first kappa shape index (κ1) is 15.2. The summed E-state index contributed by atoms with van der Waals surface area (Å²) in [5.74, 6) is -0.260. The molecule has 0 saturated heterocycles. The summed E-state index contributed by atoms with van der Waals surface area (Å²) in [5.41, 5.74) is 8.00. The number of nitrogens with two attached hydrogens (primary N) is 1. The number of hydrogen-bond acceptors (Lipinski definition) is 7. The largest absolute Gasteiger partial charge is 0.465 e. The predicted octanol–water partition coefficient (Wildman–Crippen LogP) is 2.24. The second-order valence-electron chi connectivity index (χ2n) is 4.52. The number of anilines is 2. The van der Waals surface area contributed by atoms with Gasteiger partial charge < -0.3 is 15.4 Å². The summed E-state index contributed by atoms with van der Waals surface area (Å²) in [4.78, 5) is 18.4. The van der Waals surface area contributed by atoms with E-state index in [-0.39, 0.29) is 5.82 Å². The number of nitrogen functional groups attached to an aromatic ring is 1. The molecule has 2 aromatic heterocycles. The third-order valence-electron chi connectivity index (χ3n) is 3.06. The number of esters is 1. The lowest BCUT2D eigenvalue weighted by molar-refractivity contribution is 0.0603. The van der Waals surface area contributed by atoms with Crippen LogP contribution in [0.4, 0.5) is 10.8 Å². The standard InChI is InChI=1S/C14H18N4O2S/c1-4-18(8-10-7-5-6-9(2)16-10)13-11(14(19)20-3)12(15)17-21-13/h5-7H,4,8H2,1-3H3,(H2,15,17). The van der Waals surface area contributed by atoms with Crippen molar-refractivity contribution in [1.82, 2.24) is 9.36 Å². The number of aryl methyl sites for hydroxylation is 1. The second kappa shape index (κ2) is 6.53. The van der Waals surface area contributed by atoms with Gasteiger partial charge >= 0.3 is 5.97 Å². The van der Waals surface area contributed by atoms with E-state index in [0.717, 1.165) is 11.4 Å². The highest BCUT2D eigenvalue weighted by Gasteiger charge is 2.23. The van der Waals surface area contributed by atoms with Crippen molar-refractivity contribution in [2.75, 3.05) is 24.3 Å². The summed E-state index contributed by atoms with van der Waals surface area (Å²) >= 11 is 1.20. The number of hydrogen-bond donors (Lipinski definition) is 1. The smallest absolute Gasteiger partial charge is 0.344 e. The molecule has 0 aliphatic heterocycles. The lowest BCUT2D eigenvalue weighted by atomic mass is 10.2. The van der Waals surface area contributed by atoms with Gasteiger partial charge in [0.1, 0.15) is 10.6 Å². The van der Waals surface area contributed by atoms with Crippen molar-refractivity contribution >= 4 is 28.3 Å². The van der Waals surface area contributed by atoms with Crippen LogP contribution in [0.5, 0.6) is 0 Å². The molecular weight excluding hydrogens is 288 g/mol. The average Bonchev–Trinajstić information content (AvgIpc) is 2.85. The van der Waals surface area contributed by atoms with E-state index >= 15 is 0 Å². The van der Waals surface area contributed by atoms with Crippen molar-refractivity contribution < 1.29 is 9.53 Å². The minimum absolute atomic E-state index is 0.206. The molecule has 0 spiro atoms. The van der Waals surface area contributed by atoms with Gasteiger partial charge in [0, 0.05) is 12.2 Å². The highest BCUT2D eigenvalue weighted by Crippen LogP contribution is 2.31. The number of pyridine rings is 1. The number of methoxy groups -OCH3 is 1. The molecule has 21 heavy (non-hydrogen) atoms. The molecular formula is C14H18N4O2S. The van der Waals surface area contributed by atoms with Gasteiger partial charge in [0.15, 0.2) is 5.82 Å². The molecule has 0 bridgehead atoms. The van der Waals surface area contributed by atoms with Crippen molar-refractivity contribution in [2.45, 2.75) is 20.4 Å². The maximum absolute atomic E-state index is 11.9. The van der Waals surface area contributed by atoms with Crippen LogP contribution in [0.2, 0.25) is 0 Å². The molecule has 6 nitrogen and oxygen atoms in total. The monoisotopic (exact) mass is 306 g/mol. The number of carbonyl (C=O) groups is 1. The van der Waals surface area contributed by atoms with Gasteiger partial charge in [0.2, 0.25) is 0 Å².